The molecule has 0 unspecified atom stereocenters. The Labute approximate surface area is 156 Å². The van der Waals surface area contributed by atoms with Crippen molar-refractivity contribution in [3.8, 4) is 0 Å². The van der Waals surface area contributed by atoms with Crippen molar-refractivity contribution in [1.82, 2.24) is 9.88 Å². The summed E-state index contributed by atoms with van der Waals surface area (Å²) in [6, 6.07) is 14.4. The number of fused-ring (bicyclic) bond motifs is 1. The fourth-order valence-electron chi connectivity index (χ4n) is 2.70. The van der Waals surface area contributed by atoms with Crippen molar-refractivity contribution in [1.29, 1.82) is 0 Å². The first kappa shape index (κ1) is 17.9. The Balaban J connectivity index is 1.80. The number of carbonyl (C=O) groups excluding carboxylic acids is 2. The van der Waals surface area contributed by atoms with Gasteiger partial charge in [0.25, 0.3) is 5.91 Å². The van der Waals surface area contributed by atoms with E-state index in [2.05, 4.69) is 10.3 Å². The van der Waals surface area contributed by atoms with Crippen LogP contribution in [0.3, 0.4) is 0 Å². The van der Waals surface area contributed by atoms with Crippen LogP contribution >= 0.6 is 11.6 Å². The van der Waals surface area contributed by atoms with Gasteiger partial charge < -0.3 is 10.2 Å². The number of nitrogens with one attached hydrogen (secondary N) is 1. The van der Waals surface area contributed by atoms with Crippen LogP contribution in [0, 0.1) is 0 Å². The zero-order valence-corrected chi connectivity index (χ0v) is 15.2. The maximum Gasteiger partial charge on any atom is 0.254 e. The van der Waals surface area contributed by atoms with Crippen molar-refractivity contribution >= 4 is 40.0 Å². The highest BCUT2D eigenvalue weighted by Crippen LogP contribution is 2.22. The summed E-state index contributed by atoms with van der Waals surface area (Å²) in [5.41, 5.74) is 2.53. The smallest absolute Gasteiger partial charge is 0.254 e. The van der Waals surface area contributed by atoms with Gasteiger partial charge in [-0.15, -0.1) is 0 Å². The summed E-state index contributed by atoms with van der Waals surface area (Å²) >= 11 is 6.10. The lowest BCUT2D eigenvalue weighted by atomic mass is 10.1. The fraction of sp³-hybridized carbons (Fsp3) is 0.150. The van der Waals surface area contributed by atoms with Crippen LogP contribution in [0.15, 0.2) is 54.7 Å². The minimum atomic E-state index is -0.218. The summed E-state index contributed by atoms with van der Waals surface area (Å²) in [6.45, 7) is 0. The molecule has 26 heavy (non-hydrogen) atoms. The number of halogens is 1. The lowest BCUT2D eigenvalue weighted by Crippen LogP contribution is -2.22. The topological polar surface area (TPSA) is 62.3 Å². The molecular formula is C20H18ClN3O2. The van der Waals surface area contributed by atoms with Crippen LogP contribution < -0.4 is 5.32 Å². The van der Waals surface area contributed by atoms with Gasteiger partial charge in [-0.25, -0.2) is 0 Å². The highest BCUT2D eigenvalue weighted by molar-refractivity contribution is 6.34. The molecule has 3 rings (SSSR count). The second-order valence-corrected chi connectivity index (χ2v) is 6.52. The molecule has 0 saturated heterocycles. The second kappa shape index (κ2) is 7.54. The first-order valence-electron chi connectivity index (χ1n) is 8.09. The molecule has 0 radical (unpaired) electrons. The number of amides is 2. The number of para-hydroxylation sites is 1. The number of nitrogens with zero attached hydrogens (tertiary/aromatic N) is 2. The molecule has 0 aliphatic heterocycles. The SMILES string of the molecule is CN(C)C(=O)c1cc(NC(=O)Cc2cccc3cccnc23)ccc1Cl. The lowest BCUT2D eigenvalue weighted by Gasteiger charge is -2.13. The molecule has 132 valence electrons. The number of hydrogen-bond donors (Lipinski definition) is 1. The van der Waals surface area contributed by atoms with Crippen LogP contribution in [0.4, 0.5) is 5.69 Å². The van der Waals surface area contributed by atoms with Gasteiger partial charge in [-0.05, 0) is 29.8 Å². The van der Waals surface area contributed by atoms with Gasteiger partial charge in [0, 0.05) is 31.4 Å². The molecule has 1 aromatic heterocycles. The Morgan fingerprint density at radius 2 is 1.88 bits per heavy atom. The van der Waals surface area contributed by atoms with E-state index in [0.717, 1.165) is 16.5 Å². The molecule has 6 heteroatoms. The highest BCUT2D eigenvalue weighted by atomic mass is 35.5. The summed E-state index contributed by atoms with van der Waals surface area (Å²) in [4.78, 5) is 30.4. The van der Waals surface area contributed by atoms with E-state index < -0.39 is 0 Å². The van der Waals surface area contributed by atoms with Gasteiger partial charge in [-0.1, -0.05) is 35.9 Å². The summed E-state index contributed by atoms with van der Waals surface area (Å²) in [5.74, 6) is -0.405. The number of benzene rings is 2. The van der Waals surface area contributed by atoms with Gasteiger partial charge in [-0.3, -0.25) is 14.6 Å². The predicted octanol–water partition coefficient (Wildman–Crippen LogP) is 3.77. The molecule has 0 saturated carbocycles. The van der Waals surface area contributed by atoms with Crippen LogP contribution in [-0.2, 0) is 11.2 Å². The summed E-state index contributed by atoms with van der Waals surface area (Å²) in [7, 11) is 3.30. The third-order valence-electron chi connectivity index (χ3n) is 3.95. The number of pyridine rings is 1. The first-order chi connectivity index (χ1) is 12.5. The maximum absolute atomic E-state index is 12.5. The molecule has 0 bridgehead atoms. The molecule has 1 N–H and O–H groups in total. The molecule has 0 fully saturated rings. The van der Waals surface area contributed by atoms with E-state index in [1.807, 2.05) is 30.3 Å². The monoisotopic (exact) mass is 367 g/mol. The summed E-state index contributed by atoms with van der Waals surface area (Å²) in [5, 5.41) is 4.16. The van der Waals surface area contributed by atoms with Gasteiger partial charge in [0.05, 0.1) is 22.5 Å². The van der Waals surface area contributed by atoms with E-state index in [-0.39, 0.29) is 18.2 Å². The quantitative estimate of drug-likeness (QED) is 0.763. The van der Waals surface area contributed by atoms with Gasteiger partial charge in [0.2, 0.25) is 5.91 Å². The van der Waals surface area contributed by atoms with Crippen molar-refractivity contribution < 1.29 is 9.59 Å². The van der Waals surface area contributed by atoms with Gasteiger partial charge in [-0.2, -0.15) is 0 Å². The van der Waals surface area contributed by atoms with E-state index in [1.165, 1.54) is 4.90 Å². The van der Waals surface area contributed by atoms with Crippen molar-refractivity contribution in [2.75, 3.05) is 19.4 Å². The van der Waals surface area contributed by atoms with E-state index in [9.17, 15) is 9.59 Å². The summed E-state index contributed by atoms with van der Waals surface area (Å²) < 4.78 is 0. The second-order valence-electron chi connectivity index (χ2n) is 6.11. The van der Waals surface area contributed by atoms with Gasteiger partial charge in [0.1, 0.15) is 0 Å². The predicted molar refractivity (Wildman–Crippen MR) is 104 cm³/mol. The lowest BCUT2D eigenvalue weighted by molar-refractivity contribution is -0.115. The number of anilines is 1. The molecule has 1 heterocycles. The van der Waals surface area contributed by atoms with Crippen molar-refractivity contribution in [3.63, 3.8) is 0 Å². The molecule has 3 aromatic rings. The Hall–Kier alpha value is -2.92. The third kappa shape index (κ3) is 3.83. The van der Waals surface area contributed by atoms with E-state index in [4.69, 9.17) is 11.6 Å². The highest BCUT2D eigenvalue weighted by Gasteiger charge is 2.14. The molecule has 0 atom stereocenters. The zero-order valence-electron chi connectivity index (χ0n) is 14.5. The average Bonchev–Trinajstić information content (AvgIpc) is 2.63. The number of rotatable bonds is 4. The fourth-order valence-corrected chi connectivity index (χ4v) is 2.89. The largest absolute Gasteiger partial charge is 0.345 e. The molecule has 0 spiro atoms. The minimum absolute atomic E-state index is 0.186. The number of carbonyl (C=O) groups is 2. The van der Waals surface area contributed by atoms with Gasteiger partial charge >= 0.3 is 0 Å². The van der Waals surface area contributed by atoms with Crippen LogP contribution in [0.2, 0.25) is 5.02 Å². The minimum Gasteiger partial charge on any atom is -0.345 e. The van der Waals surface area contributed by atoms with Crippen molar-refractivity contribution in [3.05, 3.63) is 70.9 Å². The number of hydrogen-bond acceptors (Lipinski definition) is 3. The maximum atomic E-state index is 12.5. The van der Waals surface area contributed by atoms with E-state index >= 15 is 0 Å². The van der Waals surface area contributed by atoms with Gasteiger partial charge in [0.15, 0.2) is 0 Å². The molecular weight excluding hydrogens is 350 g/mol. The molecule has 2 amide bonds. The van der Waals surface area contributed by atoms with Crippen molar-refractivity contribution in [2.45, 2.75) is 6.42 Å². The Kier molecular flexibility index (Phi) is 5.19. The molecule has 0 aliphatic rings. The van der Waals surface area contributed by atoms with Crippen LogP contribution in [0.25, 0.3) is 10.9 Å². The zero-order chi connectivity index (χ0) is 18.7. The Morgan fingerprint density at radius 3 is 2.65 bits per heavy atom. The molecule has 0 aliphatic carbocycles. The summed E-state index contributed by atoms with van der Waals surface area (Å²) in [6.07, 6.45) is 1.90. The van der Waals surface area contributed by atoms with Crippen molar-refractivity contribution in [2.24, 2.45) is 0 Å². The van der Waals surface area contributed by atoms with Crippen LogP contribution in [0.1, 0.15) is 15.9 Å². The Bertz CT molecular complexity index is 980. The standard InChI is InChI=1S/C20H18ClN3O2/c1-24(2)20(26)16-12-15(8-9-17(16)21)23-18(25)11-14-6-3-5-13-7-4-10-22-19(13)14/h3-10,12H,11H2,1-2H3,(H,23,25). The van der Waals surface area contributed by atoms with E-state index in [1.54, 1.807) is 38.5 Å². The molecule has 5 nitrogen and oxygen atoms in total. The van der Waals surface area contributed by atoms with E-state index in [0.29, 0.717) is 16.3 Å². The normalized spacial score (nSPS) is 10.6. The Morgan fingerprint density at radius 1 is 1.12 bits per heavy atom. The molecule has 2 aromatic carbocycles. The van der Waals surface area contributed by atoms with Crippen LogP contribution in [-0.4, -0.2) is 35.8 Å². The average molecular weight is 368 g/mol. The first-order valence-corrected chi connectivity index (χ1v) is 8.47. The third-order valence-corrected chi connectivity index (χ3v) is 4.28. The van der Waals surface area contributed by atoms with Crippen LogP contribution in [0.5, 0.6) is 0 Å². The number of aromatic nitrogens is 1.